The van der Waals surface area contributed by atoms with E-state index in [0.717, 1.165) is 11.8 Å². The zero-order valence-electron chi connectivity index (χ0n) is 14.7. The second-order valence-corrected chi connectivity index (χ2v) is 9.08. The molecule has 3 fully saturated rings. The smallest absolute Gasteiger partial charge is 0.162 e. The van der Waals surface area contributed by atoms with Crippen LogP contribution in [0, 0.1) is 34.5 Å². The molecule has 0 bridgehead atoms. The number of carbonyl (C=O) groups excluding carboxylic acids is 1. The zero-order chi connectivity index (χ0) is 15.5. The molecule has 0 aliphatic heterocycles. The first-order valence-electron chi connectivity index (χ1n) is 9.78. The molecule has 0 aromatic carbocycles. The van der Waals surface area contributed by atoms with Gasteiger partial charge in [0.15, 0.2) is 5.78 Å². The molecule has 1 heteroatoms. The Labute approximate surface area is 135 Å². The normalized spacial score (nSPS) is 50.9. The third-order valence-corrected chi connectivity index (χ3v) is 8.53. The second-order valence-electron chi connectivity index (χ2n) is 9.08. The van der Waals surface area contributed by atoms with Crippen molar-refractivity contribution in [3.63, 3.8) is 0 Å². The van der Waals surface area contributed by atoms with Crippen LogP contribution in [0.2, 0.25) is 0 Å². The Morgan fingerprint density at radius 1 is 1.09 bits per heavy atom. The number of hydrogen-bond acceptors (Lipinski definition) is 1. The van der Waals surface area contributed by atoms with Crippen molar-refractivity contribution in [1.82, 2.24) is 0 Å². The minimum Gasteiger partial charge on any atom is -0.294 e. The lowest BCUT2D eigenvalue weighted by Gasteiger charge is -2.55. The summed E-state index contributed by atoms with van der Waals surface area (Å²) < 4.78 is 0. The predicted octanol–water partition coefficient (Wildman–Crippen LogP) is 5.54. The monoisotopic (exact) mass is 300 g/mol. The fourth-order valence-corrected chi connectivity index (χ4v) is 7.11. The first kappa shape index (κ1) is 15.0. The van der Waals surface area contributed by atoms with Gasteiger partial charge in [0, 0.05) is 5.41 Å². The van der Waals surface area contributed by atoms with E-state index in [1.54, 1.807) is 5.57 Å². The molecule has 3 saturated carbocycles. The first-order chi connectivity index (χ1) is 10.5. The van der Waals surface area contributed by atoms with Gasteiger partial charge in [-0.2, -0.15) is 0 Å². The Balaban J connectivity index is 1.77. The van der Waals surface area contributed by atoms with Crippen LogP contribution >= 0.6 is 0 Å². The average molecular weight is 300 g/mol. The summed E-state index contributed by atoms with van der Waals surface area (Å²) >= 11 is 0. The van der Waals surface area contributed by atoms with Crippen LogP contribution in [0.3, 0.4) is 0 Å². The van der Waals surface area contributed by atoms with Gasteiger partial charge in [-0.15, -0.1) is 0 Å². The molecule has 4 aliphatic carbocycles. The van der Waals surface area contributed by atoms with Gasteiger partial charge in [-0.3, -0.25) is 4.79 Å². The molecule has 4 rings (SSSR count). The molecule has 22 heavy (non-hydrogen) atoms. The molecule has 0 N–H and O–H groups in total. The number of ketones is 1. The average Bonchev–Trinajstić information content (AvgIpc) is 2.86. The van der Waals surface area contributed by atoms with E-state index in [1.807, 2.05) is 0 Å². The van der Waals surface area contributed by atoms with E-state index >= 15 is 0 Å². The summed E-state index contributed by atoms with van der Waals surface area (Å²) in [5, 5.41) is 0. The molecule has 0 amide bonds. The van der Waals surface area contributed by atoms with Crippen molar-refractivity contribution in [2.24, 2.45) is 34.5 Å². The summed E-state index contributed by atoms with van der Waals surface area (Å²) in [7, 11) is 0. The molecule has 0 aromatic heterocycles. The maximum absolute atomic E-state index is 13.2. The minimum absolute atomic E-state index is 0.0409. The lowest BCUT2D eigenvalue weighted by atomic mass is 9.48. The fourth-order valence-electron chi connectivity index (χ4n) is 7.11. The highest BCUT2D eigenvalue weighted by Crippen LogP contribution is 2.64. The van der Waals surface area contributed by atoms with Crippen LogP contribution in [0.25, 0.3) is 0 Å². The van der Waals surface area contributed by atoms with Gasteiger partial charge in [-0.25, -0.2) is 0 Å². The largest absolute Gasteiger partial charge is 0.294 e. The van der Waals surface area contributed by atoms with Crippen LogP contribution in [-0.2, 0) is 4.79 Å². The Hall–Kier alpha value is -0.590. The molecular formula is C21H32O. The fraction of sp³-hybridized carbons (Fsp3) is 0.857. The number of rotatable bonds is 1. The van der Waals surface area contributed by atoms with Gasteiger partial charge >= 0.3 is 0 Å². The summed E-state index contributed by atoms with van der Waals surface area (Å²) in [5.41, 5.74) is 1.90. The van der Waals surface area contributed by atoms with E-state index in [9.17, 15) is 4.79 Å². The molecule has 6 atom stereocenters. The van der Waals surface area contributed by atoms with Crippen LogP contribution in [-0.4, -0.2) is 5.78 Å². The van der Waals surface area contributed by atoms with Crippen molar-refractivity contribution in [2.75, 3.05) is 0 Å². The molecule has 122 valence electrons. The van der Waals surface area contributed by atoms with Gasteiger partial charge in [-0.05, 0) is 73.7 Å². The summed E-state index contributed by atoms with van der Waals surface area (Å²) in [6, 6.07) is 0. The molecule has 1 nitrogen and oxygen atoms in total. The third kappa shape index (κ3) is 1.74. The van der Waals surface area contributed by atoms with E-state index < -0.39 is 0 Å². The van der Waals surface area contributed by atoms with Crippen molar-refractivity contribution in [1.29, 1.82) is 0 Å². The summed E-state index contributed by atoms with van der Waals surface area (Å²) in [6.45, 7) is 7.09. The SMILES string of the molecule is CC[C@H]1CC[C@H]2[C@@H]3CCC4CCCC[C@]4(C)C3=CC(=O)[C@]12C. The van der Waals surface area contributed by atoms with Crippen LogP contribution in [0.1, 0.15) is 78.6 Å². The maximum atomic E-state index is 13.2. The van der Waals surface area contributed by atoms with Crippen molar-refractivity contribution < 1.29 is 4.79 Å². The Morgan fingerprint density at radius 3 is 2.68 bits per heavy atom. The number of fused-ring (bicyclic) bond motifs is 5. The van der Waals surface area contributed by atoms with E-state index in [1.165, 1.54) is 57.8 Å². The van der Waals surface area contributed by atoms with Gasteiger partial charge in [-0.1, -0.05) is 45.6 Å². The standard InChI is InChI=1S/C21H32O/c1-4-14-9-11-17-16-10-8-15-7-5-6-12-20(15,2)18(16)13-19(22)21(14,17)3/h13-17H,4-12H2,1-3H3/t14-,15?,16-,17-,20-,21+/m0/s1. The lowest BCUT2D eigenvalue weighted by molar-refractivity contribution is -0.130. The van der Waals surface area contributed by atoms with Gasteiger partial charge in [0.25, 0.3) is 0 Å². The van der Waals surface area contributed by atoms with Crippen LogP contribution in [0.5, 0.6) is 0 Å². The molecule has 0 heterocycles. The number of carbonyl (C=O) groups is 1. The second kappa shape index (κ2) is 4.95. The highest BCUT2D eigenvalue weighted by Gasteiger charge is 2.59. The maximum Gasteiger partial charge on any atom is 0.162 e. The Kier molecular flexibility index (Phi) is 3.37. The molecule has 0 saturated heterocycles. The van der Waals surface area contributed by atoms with E-state index in [-0.39, 0.29) is 5.41 Å². The first-order valence-corrected chi connectivity index (χ1v) is 9.78. The van der Waals surface area contributed by atoms with Crippen molar-refractivity contribution in [2.45, 2.75) is 78.6 Å². The molecule has 4 aliphatic rings. The number of allylic oxidation sites excluding steroid dienone is 2. The minimum atomic E-state index is -0.0409. The van der Waals surface area contributed by atoms with E-state index in [4.69, 9.17) is 0 Å². The molecular weight excluding hydrogens is 268 g/mol. The van der Waals surface area contributed by atoms with Crippen molar-refractivity contribution in [3.05, 3.63) is 11.6 Å². The van der Waals surface area contributed by atoms with Gasteiger partial charge in [0.1, 0.15) is 0 Å². The van der Waals surface area contributed by atoms with Crippen LogP contribution in [0.15, 0.2) is 11.6 Å². The Bertz CT molecular complexity index is 518. The quantitative estimate of drug-likeness (QED) is 0.621. The summed E-state index contributed by atoms with van der Waals surface area (Å²) in [5.74, 6) is 3.33. The van der Waals surface area contributed by atoms with Crippen LogP contribution in [0.4, 0.5) is 0 Å². The van der Waals surface area contributed by atoms with Crippen molar-refractivity contribution >= 4 is 5.78 Å². The molecule has 0 radical (unpaired) electrons. The zero-order valence-corrected chi connectivity index (χ0v) is 14.7. The van der Waals surface area contributed by atoms with E-state index in [0.29, 0.717) is 23.0 Å². The van der Waals surface area contributed by atoms with Crippen LogP contribution < -0.4 is 0 Å². The van der Waals surface area contributed by atoms with Gasteiger partial charge in [0.2, 0.25) is 0 Å². The highest BCUT2D eigenvalue weighted by molar-refractivity contribution is 5.97. The highest BCUT2D eigenvalue weighted by atomic mass is 16.1. The third-order valence-electron chi connectivity index (χ3n) is 8.53. The summed E-state index contributed by atoms with van der Waals surface area (Å²) in [4.78, 5) is 13.2. The molecule has 1 unspecified atom stereocenters. The molecule has 0 aromatic rings. The predicted molar refractivity (Wildman–Crippen MR) is 90.5 cm³/mol. The van der Waals surface area contributed by atoms with E-state index in [2.05, 4.69) is 26.8 Å². The van der Waals surface area contributed by atoms with Crippen molar-refractivity contribution in [3.8, 4) is 0 Å². The van der Waals surface area contributed by atoms with Gasteiger partial charge in [0.05, 0.1) is 0 Å². The summed E-state index contributed by atoms with van der Waals surface area (Å²) in [6.07, 6.45) is 14.2. The topological polar surface area (TPSA) is 17.1 Å². The molecule has 0 spiro atoms. The number of hydrogen-bond donors (Lipinski definition) is 0. The lowest BCUT2D eigenvalue weighted by Crippen LogP contribution is -2.50. The Morgan fingerprint density at radius 2 is 1.91 bits per heavy atom. The van der Waals surface area contributed by atoms with Gasteiger partial charge < -0.3 is 0 Å².